The number of aliphatic carboxylic acids is 1. The number of aliphatic hydroxyl groups is 1. The standard InChI is InChI=1S/C10H15NO4/c12-7-10(5-1-2-6-10)11-8(13)3-4-9(14)15/h3-4,12H,1-2,5-7H2,(H,11,13)(H,14,15). The number of aliphatic hydroxyl groups excluding tert-OH is 1. The van der Waals surface area contributed by atoms with E-state index in [-0.39, 0.29) is 6.61 Å². The van der Waals surface area contributed by atoms with E-state index in [1.807, 2.05) is 0 Å². The molecule has 0 aromatic rings. The fourth-order valence-electron chi connectivity index (χ4n) is 1.82. The summed E-state index contributed by atoms with van der Waals surface area (Å²) in [5.41, 5.74) is -0.542. The van der Waals surface area contributed by atoms with Crippen LogP contribution in [0.25, 0.3) is 0 Å². The highest BCUT2D eigenvalue weighted by Crippen LogP contribution is 2.28. The average Bonchev–Trinajstić information content (AvgIpc) is 2.64. The summed E-state index contributed by atoms with van der Waals surface area (Å²) in [6.07, 6.45) is 5.20. The fraction of sp³-hybridized carbons (Fsp3) is 0.600. The Bertz CT molecular complexity index is 279. The van der Waals surface area contributed by atoms with Crippen LogP contribution < -0.4 is 5.32 Å². The van der Waals surface area contributed by atoms with E-state index < -0.39 is 17.4 Å². The van der Waals surface area contributed by atoms with Crippen LogP contribution in [0.5, 0.6) is 0 Å². The highest BCUT2D eigenvalue weighted by atomic mass is 16.4. The molecule has 0 saturated heterocycles. The molecule has 3 N–H and O–H groups in total. The first kappa shape index (κ1) is 11.7. The van der Waals surface area contributed by atoms with Gasteiger partial charge in [-0.1, -0.05) is 12.8 Å². The van der Waals surface area contributed by atoms with Crippen LogP contribution in [0.15, 0.2) is 12.2 Å². The van der Waals surface area contributed by atoms with Gasteiger partial charge in [0.05, 0.1) is 12.1 Å². The van der Waals surface area contributed by atoms with Crippen LogP contribution >= 0.6 is 0 Å². The van der Waals surface area contributed by atoms with Gasteiger partial charge in [-0.2, -0.15) is 0 Å². The first-order chi connectivity index (χ1) is 7.08. The second kappa shape index (κ2) is 4.93. The van der Waals surface area contributed by atoms with E-state index in [1.165, 1.54) is 0 Å². The molecule has 1 aliphatic carbocycles. The van der Waals surface area contributed by atoms with Crippen molar-refractivity contribution in [3.05, 3.63) is 12.2 Å². The average molecular weight is 213 g/mol. The number of carbonyl (C=O) groups excluding carboxylic acids is 1. The lowest BCUT2D eigenvalue weighted by Gasteiger charge is -2.27. The van der Waals surface area contributed by atoms with Gasteiger partial charge in [-0.3, -0.25) is 4.79 Å². The zero-order valence-electron chi connectivity index (χ0n) is 8.40. The first-order valence-corrected chi connectivity index (χ1v) is 4.92. The number of carboxylic acids is 1. The number of carbonyl (C=O) groups is 2. The lowest BCUT2D eigenvalue weighted by molar-refractivity contribution is -0.131. The molecule has 1 saturated carbocycles. The molecule has 1 amide bonds. The molecule has 0 atom stereocenters. The third-order valence-corrected chi connectivity index (χ3v) is 2.63. The van der Waals surface area contributed by atoms with E-state index >= 15 is 0 Å². The Morgan fingerprint density at radius 1 is 1.27 bits per heavy atom. The van der Waals surface area contributed by atoms with Crippen LogP contribution in [-0.4, -0.2) is 34.2 Å². The molecule has 0 aromatic carbocycles. The molecule has 0 radical (unpaired) electrons. The van der Waals surface area contributed by atoms with E-state index in [4.69, 9.17) is 5.11 Å². The molecule has 5 nitrogen and oxygen atoms in total. The van der Waals surface area contributed by atoms with E-state index in [0.717, 1.165) is 37.8 Å². The van der Waals surface area contributed by atoms with Crippen molar-refractivity contribution in [3.63, 3.8) is 0 Å². The van der Waals surface area contributed by atoms with Crippen molar-refractivity contribution in [2.24, 2.45) is 0 Å². The summed E-state index contributed by atoms with van der Waals surface area (Å²) in [5.74, 6) is -1.62. The smallest absolute Gasteiger partial charge is 0.328 e. The maximum atomic E-state index is 11.3. The van der Waals surface area contributed by atoms with Crippen molar-refractivity contribution in [1.82, 2.24) is 5.32 Å². The maximum absolute atomic E-state index is 11.3. The Kier molecular flexibility index (Phi) is 3.85. The predicted molar refractivity (Wildman–Crippen MR) is 53.2 cm³/mol. The molecule has 0 spiro atoms. The van der Waals surface area contributed by atoms with Crippen LogP contribution in [0.3, 0.4) is 0 Å². The van der Waals surface area contributed by atoms with Crippen molar-refractivity contribution in [3.8, 4) is 0 Å². The highest BCUT2D eigenvalue weighted by Gasteiger charge is 2.33. The van der Waals surface area contributed by atoms with Crippen molar-refractivity contribution in [2.45, 2.75) is 31.2 Å². The number of hydrogen-bond donors (Lipinski definition) is 3. The molecule has 0 bridgehead atoms. The molecule has 0 unspecified atom stereocenters. The van der Waals surface area contributed by atoms with Gasteiger partial charge in [-0.15, -0.1) is 0 Å². The van der Waals surface area contributed by atoms with Crippen LogP contribution in [-0.2, 0) is 9.59 Å². The zero-order valence-corrected chi connectivity index (χ0v) is 8.40. The number of nitrogens with one attached hydrogen (secondary N) is 1. The van der Waals surface area contributed by atoms with Crippen molar-refractivity contribution in [2.75, 3.05) is 6.61 Å². The molecule has 0 aliphatic heterocycles. The minimum absolute atomic E-state index is 0.0976. The van der Waals surface area contributed by atoms with Gasteiger partial charge in [0.15, 0.2) is 0 Å². The normalized spacial score (nSPS) is 19.3. The minimum Gasteiger partial charge on any atom is -0.478 e. The minimum atomic E-state index is -1.16. The van der Waals surface area contributed by atoms with E-state index in [9.17, 15) is 14.7 Å². The van der Waals surface area contributed by atoms with Crippen molar-refractivity contribution >= 4 is 11.9 Å². The third-order valence-electron chi connectivity index (χ3n) is 2.63. The largest absolute Gasteiger partial charge is 0.478 e. The van der Waals surface area contributed by atoms with Crippen LogP contribution in [0.2, 0.25) is 0 Å². The number of hydrogen-bond acceptors (Lipinski definition) is 3. The summed E-state index contributed by atoms with van der Waals surface area (Å²) in [5, 5.41) is 20.2. The lowest BCUT2D eigenvalue weighted by atomic mass is 9.99. The van der Waals surface area contributed by atoms with E-state index in [0.29, 0.717) is 0 Å². The van der Waals surface area contributed by atoms with E-state index in [2.05, 4.69) is 5.32 Å². The predicted octanol–water partition coefficient (Wildman–Crippen LogP) is 0.0485. The van der Waals surface area contributed by atoms with Crippen molar-refractivity contribution < 1.29 is 19.8 Å². The Hall–Kier alpha value is -1.36. The summed E-state index contributed by atoms with van der Waals surface area (Å²) in [4.78, 5) is 21.5. The topological polar surface area (TPSA) is 86.6 Å². The SMILES string of the molecule is O=C(O)C=CC(=O)NC1(CO)CCCC1. The maximum Gasteiger partial charge on any atom is 0.328 e. The lowest BCUT2D eigenvalue weighted by Crippen LogP contribution is -2.48. The molecule has 5 heteroatoms. The zero-order chi connectivity index (χ0) is 11.3. The second-order valence-electron chi connectivity index (χ2n) is 3.81. The number of amides is 1. The van der Waals surface area contributed by atoms with Crippen LogP contribution in [0, 0.1) is 0 Å². The highest BCUT2D eigenvalue weighted by molar-refractivity contribution is 5.94. The third kappa shape index (κ3) is 3.36. The molecule has 1 aliphatic rings. The quantitative estimate of drug-likeness (QED) is 0.576. The van der Waals surface area contributed by atoms with Gasteiger partial charge in [0.2, 0.25) is 5.91 Å². The number of carboxylic acid groups (broad SMARTS) is 1. The number of rotatable bonds is 4. The summed E-state index contributed by atoms with van der Waals surface area (Å²) in [6.45, 7) is -0.0976. The molecule has 1 rings (SSSR count). The second-order valence-corrected chi connectivity index (χ2v) is 3.81. The molecule has 15 heavy (non-hydrogen) atoms. The Morgan fingerprint density at radius 2 is 1.87 bits per heavy atom. The van der Waals surface area contributed by atoms with Gasteiger partial charge in [-0.05, 0) is 12.8 Å². The van der Waals surface area contributed by atoms with Gasteiger partial charge < -0.3 is 15.5 Å². The molecule has 84 valence electrons. The fourth-order valence-corrected chi connectivity index (χ4v) is 1.82. The van der Waals surface area contributed by atoms with Crippen LogP contribution in [0.4, 0.5) is 0 Å². The van der Waals surface area contributed by atoms with Gasteiger partial charge in [0.25, 0.3) is 0 Å². The summed E-state index contributed by atoms with van der Waals surface area (Å²) in [6, 6.07) is 0. The molecule has 0 heterocycles. The summed E-state index contributed by atoms with van der Waals surface area (Å²) < 4.78 is 0. The summed E-state index contributed by atoms with van der Waals surface area (Å²) >= 11 is 0. The molecular formula is C10H15NO4. The molecule has 1 fully saturated rings. The Balaban J connectivity index is 2.52. The van der Waals surface area contributed by atoms with Gasteiger partial charge >= 0.3 is 5.97 Å². The summed E-state index contributed by atoms with van der Waals surface area (Å²) in [7, 11) is 0. The Morgan fingerprint density at radius 3 is 2.33 bits per heavy atom. The Labute approximate surface area is 87.8 Å². The van der Waals surface area contributed by atoms with E-state index in [1.54, 1.807) is 0 Å². The van der Waals surface area contributed by atoms with Gasteiger partial charge in [0.1, 0.15) is 0 Å². The first-order valence-electron chi connectivity index (χ1n) is 4.92. The monoisotopic (exact) mass is 213 g/mol. The molecule has 0 aromatic heterocycles. The van der Waals surface area contributed by atoms with Gasteiger partial charge in [0, 0.05) is 12.2 Å². The van der Waals surface area contributed by atoms with Gasteiger partial charge in [-0.25, -0.2) is 4.79 Å². The van der Waals surface area contributed by atoms with Crippen LogP contribution in [0.1, 0.15) is 25.7 Å². The van der Waals surface area contributed by atoms with Crippen molar-refractivity contribution in [1.29, 1.82) is 0 Å². The molecular weight excluding hydrogens is 198 g/mol.